The van der Waals surface area contributed by atoms with Crippen LogP contribution < -0.4 is 0 Å². The predicted molar refractivity (Wildman–Crippen MR) is 59.4 cm³/mol. The molecule has 0 aliphatic heterocycles. The summed E-state index contributed by atoms with van der Waals surface area (Å²) in [6, 6.07) is 0. The molecule has 0 unspecified atom stereocenters. The molecule has 0 saturated carbocycles. The molecule has 14 heavy (non-hydrogen) atoms. The van der Waals surface area contributed by atoms with Gasteiger partial charge in [0.2, 0.25) is 0 Å². The van der Waals surface area contributed by atoms with Crippen molar-refractivity contribution >= 4 is 0 Å². The number of imidazole rings is 1. The fraction of sp³-hybridized carbons (Fsp3) is 0.727. The first-order chi connectivity index (χ1) is 6.38. The van der Waals surface area contributed by atoms with Gasteiger partial charge in [-0.25, -0.2) is 4.98 Å². The molecule has 0 fully saturated rings. The van der Waals surface area contributed by atoms with Crippen LogP contribution in [0.4, 0.5) is 0 Å². The molecule has 0 amide bonds. The molecule has 0 aliphatic carbocycles. The third kappa shape index (κ3) is 3.92. The lowest BCUT2D eigenvalue weighted by molar-refractivity contribution is 0.591. The Kier molecular flexibility index (Phi) is 7.11. The van der Waals surface area contributed by atoms with Crippen LogP contribution in [-0.2, 0) is 13.0 Å². The first-order valence-corrected chi connectivity index (χ1v) is 5.38. The maximum atomic E-state index is 4.37. The SMILES string of the molecule is CCCCc1nccn1CCCC.O. The quantitative estimate of drug-likeness (QED) is 0.691. The van der Waals surface area contributed by atoms with Crippen molar-refractivity contribution < 1.29 is 5.48 Å². The summed E-state index contributed by atoms with van der Waals surface area (Å²) in [6.07, 6.45) is 10.2. The van der Waals surface area contributed by atoms with Crippen molar-refractivity contribution in [3.63, 3.8) is 0 Å². The minimum atomic E-state index is 0. The van der Waals surface area contributed by atoms with Gasteiger partial charge in [-0.05, 0) is 12.8 Å². The lowest BCUT2D eigenvalue weighted by atomic mass is 10.2. The molecule has 82 valence electrons. The lowest BCUT2D eigenvalue weighted by Gasteiger charge is -2.05. The molecule has 0 radical (unpaired) electrons. The van der Waals surface area contributed by atoms with E-state index in [1.54, 1.807) is 0 Å². The predicted octanol–water partition coefficient (Wildman–Crippen LogP) is 2.20. The molecule has 1 aromatic rings. The average molecular weight is 198 g/mol. The van der Waals surface area contributed by atoms with Gasteiger partial charge < -0.3 is 10.0 Å². The van der Waals surface area contributed by atoms with E-state index in [9.17, 15) is 0 Å². The second kappa shape index (κ2) is 7.56. The molecule has 3 heteroatoms. The van der Waals surface area contributed by atoms with E-state index in [-0.39, 0.29) is 5.48 Å². The second-order valence-electron chi connectivity index (χ2n) is 3.49. The van der Waals surface area contributed by atoms with Crippen molar-refractivity contribution in [2.24, 2.45) is 0 Å². The van der Waals surface area contributed by atoms with E-state index in [1.165, 1.54) is 31.5 Å². The molecule has 1 rings (SSSR count). The summed E-state index contributed by atoms with van der Waals surface area (Å²) < 4.78 is 2.29. The third-order valence-electron chi connectivity index (χ3n) is 2.31. The Bertz CT molecular complexity index is 210. The Balaban J connectivity index is 0.00000169. The molecule has 1 aromatic heterocycles. The molecular formula is C11H22N2O. The van der Waals surface area contributed by atoms with Crippen molar-refractivity contribution in [2.75, 3.05) is 0 Å². The van der Waals surface area contributed by atoms with Crippen LogP contribution in [0.15, 0.2) is 12.4 Å². The van der Waals surface area contributed by atoms with Crippen molar-refractivity contribution in [1.82, 2.24) is 9.55 Å². The number of aromatic nitrogens is 2. The summed E-state index contributed by atoms with van der Waals surface area (Å²) in [5.41, 5.74) is 0. The lowest BCUT2D eigenvalue weighted by Crippen LogP contribution is -2.02. The number of rotatable bonds is 6. The largest absolute Gasteiger partial charge is 0.412 e. The van der Waals surface area contributed by atoms with Gasteiger partial charge in [-0.3, -0.25) is 0 Å². The molecule has 0 aliphatic rings. The van der Waals surface area contributed by atoms with Crippen LogP contribution in [0.3, 0.4) is 0 Å². The zero-order chi connectivity index (χ0) is 9.52. The Morgan fingerprint density at radius 3 is 2.57 bits per heavy atom. The topological polar surface area (TPSA) is 49.3 Å². The number of unbranched alkanes of at least 4 members (excludes halogenated alkanes) is 2. The van der Waals surface area contributed by atoms with Crippen molar-refractivity contribution in [2.45, 2.75) is 52.5 Å². The molecule has 0 saturated heterocycles. The second-order valence-corrected chi connectivity index (χ2v) is 3.49. The fourth-order valence-electron chi connectivity index (χ4n) is 1.44. The number of aryl methyl sites for hydroxylation is 2. The molecule has 0 bridgehead atoms. The van der Waals surface area contributed by atoms with E-state index in [4.69, 9.17) is 0 Å². The van der Waals surface area contributed by atoms with Gasteiger partial charge in [-0.2, -0.15) is 0 Å². The maximum absolute atomic E-state index is 4.37. The average Bonchev–Trinajstić information content (AvgIpc) is 2.59. The van der Waals surface area contributed by atoms with Crippen LogP contribution >= 0.6 is 0 Å². The summed E-state index contributed by atoms with van der Waals surface area (Å²) >= 11 is 0. The van der Waals surface area contributed by atoms with Gasteiger partial charge in [0.1, 0.15) is 5.82 Å². The highest BCUT2D eigenvalue weighted by atomic mass is 16.0. The summed E-state index contributed by atoms with van der Waals surface area (Å²) in [6.45, 7) is 5.58. The van der Waals surface area contributed by atoms with Gasteiger partial charge in [0.05, 0.1) is 0 Å². The van der Waals surface area contributed by atoms with Crippen LogP contribution in [0.25, 0.3) is 0 Å². The van der Waals surface area contributed by atoms with Crippen LogP contribution in [0.5, 0.6) is 0 Å². The smallest absolute Gasteiger partial charge is 0.108 e. The van der Waals surface area contributed by atoms with E-state index in [0.717, 1.165) is 13.0 Å². The van der Waals surface area contributed by atoms with E-state index < -0.39 is 0 Å². The van der Waals surface area contributed by atoms with Crippen LogP contribution in [0.2, 0.25) is 0 Å². The fourth-order valence-corrected chi connectivity index (χ4v) is 1.44. The molecule has 1 heterocycles. The third-order valence-corrected chi connectivity index (χ3v) is 2.31. The highest BCUT2D eigenvalue weighted by Gasteiger charge is 2.00. The van der Waals surface area contributed by atoms with Crippen LogP contribution in [0.1, 0.15) is 45.4 Å². The Labute approximate surface area is 86.5 Å². The van der Waals surface area contributed by atoms with E-state index in [1.807, 2.05) is 6.20 Å². The van der Waals surface area contributed by atoms with E-state index in [2.05, 4.69) is 29.6 Å². The monoisotopic (exact) mass is 198 g/mol. The van der Waals surface area contributed by atoms with Gasteiger partial charge in [0, 0.05) is 25.4 Å². The number of hydrogen-bond acceptors (Lipinski definition) is 1. The molecule has 0 aromatic carbocycles. The Morgan fingerprint density at radius 2 is 1.93 bits per heavy atom. The summed E-state index contributed by atoms with van der Waals surface area (Å²) in [7, 11) is 0. The minimum absolute atomic E-state index is 0. The zero-order valence-corrected chi connectivity index (χ0v) is 9.29. The molecular weight excluding hydrogens is 176 g/mol. The number of nitrogens with zero attached hydrogens (tertiary/aromatic N) is 2. The standard InChI is InChI=1S/C11H20N2.H2O/c1-3-5-7-11-12-8-10-13(11)9-6-4-2;/h8,10H,3-7,9H2,1-2H3;1H2. The molecule has 0 atom stereocenters. The normalized spacial score (nSPS) is 9.86. The minimum Gasteiger partial charge on any atom is -0.412 e. The highest BCUT2D eigenvalue weighted by molar-refractivity contribution is 4.92. The summed E-state index contributed by atoms with van der Waals surface area (Å²) in [5, 5.41) is 0. The van der Waals surface area contributed by atoms with Crippen LogP contribution in [-0.4, -0.2) is 15.0 Å². The summed E-state index contributed by atoms with van der Waals surface area (Å²) in [4.78, 5) is 4.37. The van der Waals surface area contributed by atoms with E-state index >= 15 is 0 Å². The first kappa shape index (κ1) is 13.2. The van der Waals surface area contributed by atoms with Gasteiger partial charge in [-0.15, -0.1) is 0 Å². The summed E-state index contributed by atoms with van der Waals surface area (Å²) in [5.74, 6) is 1.26. The molecule has 3 nitrogen and oxygen atoms in total. The van der Waals surface area contributed by atoms with Gasteiger partial charge in [0.25, 0.3) is 0 Å². The Hall–Kier alpha value is -0.830. The van der Waals surface area contributed by atoms with Gasteiger partial charge in [-0.1, -0.05) is 26.7 Å². The Morgan fingerprint density at radius 1 is 1.21 bits per heavy atom. The molecule has 0 spiro atoms. The van der Waals surface area contributed by atoms with E-state index in [0.29, 0.717) is 0 Å². The zero-order valence-electron chi connectivity index (χ0n) is 9.29. The van der Waals surface area contributed by atoms with Gasteiger partial charge in [0.15, 0.2) is 0 Å². The van der Waals surface area contributed by atoms with Crippen molar-refractivity contribution in [3.05, 3.63) is 18.2 Å². The van der Waals surface area contributed by atoms with Gasteiger partial charge >= 0.3 is 0 Å². The first-order valence-electron chi connectivity index (χ1n) is 5.38. The molecule has 2 N–H and O–H groups in total. The number of hydrogen-bond donors (Lipinski definition) is 0. The maximum Gasteiger partial charge on any atom is 0.108 e. The van der Waals surface area contributed by atoms with Crippen LogP contribution in [0, 0.1) is 0 Å². The van der Waals surface area contributed by atoms with Crippen molar-refractivity contribution in [1.29, 1.82) is 0 Å². The van der Waals surface area contributed by atoms with Crippen molar-refractivity contribution in [3.8, 4) is 0 Å². The highest BCUT2D eigenvalue weighted by Crippen LogP contribution is 2.05.